The molecule has 0 bridgehead atoms. The molecule has 11 heteroatoms. The van der Waals surface area contributed by atoms with Crippen LogP contribution in [0.15, 0.2) is 18.2 Å². The minimum Gasteiger partial charge on any atom is -0.478 e. The first-order valence-electron chi connectivity index (χ1n) is 10.8. The zero-order valence-electron chi connectivity index (χ0n) is 21.5. The second-order valence-corrected chi connectivity index (χ2v) is 10.5. The van der Waals surface area contributed by atoms with Crippen LogP contribution in [0.1, 0.15) is 67.9 Å². The molecule has 0 aliphatic carbocycles. The molecule has 0 saturated carbocycles. The fraction of sp³-hybridized carbons (Fsp3) is 0.583. The molecule has 196 valence electrons. The second kappa shape index (κ2) is 11.3. The van der Waals surface area contributed by atoms with Gasteiger partial charge in [-0.2, -0.15) is 0 Å². The molecule has 1 unspecified atom stereocenters. The van der Waals surface area contributed by atoms with Crippen LogP contribution in [0.4, 0.5) is 14.4 Å². The van der Waals surface area contributed by atoms with Gasteiger partial charge in [-0.1, -0.05) is 6.07 Å². The van der Waals surface area contributed by atoms with Gasteiger partial charge in [0.1, 0.15) is 16.8 Å². The summed E-state index contributed by atoms with van der Waals surface area (Å²) in [5.74, 6) is -1.82. The summed E-state index contributed by atoms with van der Waals surface area (Å²) in [5.41, 5.74) is -2.29. The molecule has 1 rings (SSSR count). The summed E-state index contributed by atoms with van der Waals surface area (Å²) in [5, 5.41) is 9.48. The highest BCUT2D eigenvalue weighted by Gasteiger charge is 2.28. The first-order valence-corrected chi connectivity index (χ1v) is 10.8. The van der Waals surface area contributed by atoms with Crippen molar-refractivity contribution in [2.75, 3.05) is 0 Å². The van der Waals surface area contributed by atoms with Gasteiger partial charge in [-0.05, 0) is 80.0 Å². The average Bonchev–Trinajstić information content (AvgIpc) is 2.58. The number of carboxylic acid groups (broad SMARTS) is 1. The van der Waals surface area contributed by atoms with Crippen molar-refractivity contribution in [3.05, 3.63) is 23.8 Å². The molecule has 0 radical (unpaired) electrons. The number of benzene rings is 1. The Morgan fingerprint density at radius 3 is 1.57 bits per heavy atom. The lowest BCUT2D eigenvalue weighted by Gasteiger charge is -2.22. The number of rotatable bonds is 6. The maximum absolute atomic E-state index is 12.2. The van der Waals surface area contributed by atoms with E-state index in [0.29, 0.717) is 0 Å². The predicted molar refractivity (Wildman–Crippen MR) is 123 cm³/mol. The summed E-state index contributed by atoms with van der Waals surface area (Å²) >= 11 is 0. The topological polar surface area (TPSA) is 144 Å². The van der Waals surface area contributed by atoms with Gasteiger partial charge < -0.3 is 33.5 Å². The van der Waals surface area contributed by atoms with Gasteiger partial charge >= 0.3 is 24.4 Å². The first kappa shape index (κ1) is 29.5. The third-order valence-electron chi connectivity index (χ3n) is 3.50. The standard InChI is InChI=1S/C24H34O11/c1-22(2,3)33-19(27)30-15-11-10-14(12-16(15)31-20(28)34-23(4,5)6)13-17(18(25)26)32-21(29)35-24(7,8)9/h10-12,17H,13H2,1-9H3,(H,25,26). The molecule has 1 aromatic carbocycles. The van der Waals surface area contributed by atoms with E-state index >= 15 is 0 Å². The van der Waals surface area contributed by atoms with Crippen molar-refractivity contribution in [1.82, 2.24) is 0 Å². The molecule has 0 fully saturated rings. The monoisotopic (exact) mass is 498 g/mol. The van der Waals surface area contributed by atoms with Gasteiger partial charge in [-0.15, -0.1) is 0 Å². The molecule has 1 aromatic rings. The van der Waals surface area contributed by atoms with Gasteiger partial charge in [-0.25, -0.2) is 19.2 Å². The van der Waals surface area contributed by atoms with E-state index in [2.05, 4.69) is 0 Å². The van der Waals surface area contributed by atoms with Crippen LogP contribution in [0.5, 0.6) is 11.5 Å². The van der Waals surface area contributed by atoms with Gasteiger partial charge in [0.05, 0.1) is 0 Å². The Morgan fingerprint density at radius 1 is 0.714 bits per heavy atom. The number of ether oxygens (including phenoxy) is 6. The van der Waals surface area contributed by atoms with Crippen LogP contribution in [0.25, 0.3) is 0 Å². The third kappa shape index (κ3) is 12.5. The quantitative estimate of drug-likeness (QED) is 0.311. The Balaban J connectivity index is 3.19. The Labute approximate surface area is 204 Å². The van der Waals surface area contributed by atoms with Crippen LogP contribution in [0, 0.1) is 0 Å². The molecule has 0 aliphatic rings. The summed E-state index contributed by atoms with van der Waals surface area (Å²) < 4.78 is 30.5. The number of carbonyl (C=O) groups is 4. The smallest absolute Gasteiger partial charge is 0.478 e. The number of carbonyl (C=O) groups excluding carboxylic acids is 3. The van der Waals surface area contributed by atoms with Crippen LogP contribution >= 0.6 is 0 Å². The molecular formula is C24H34O11. The van der Waals surface area contributed by atoms with Crippen molar-refractivity contribution >= 4 is 24.4 Å². The van der Waals surface area contributed by atoms with Crippen molar-refractivity contribution in [2.24, 2.45) is 0 Å². The lowest BCUT2D eigenvalue weighted by Crippen LogP contribution is -2.33. The van der Waals surface area contributed by atoms with E-state index in [0.717, 1.165) is 0 Å². The summed E-state index contributed by atoms with van der Waals surface area (Å²) in [6, 6.07) is 3.96. The van der Waals surface area contributed by atoms with Crippen LogP contribution in [-0.2, 0) is 30.2 Å². The molecule has 11 nitrogen and oxygen atoms in total. The Hall–Kier alpha value is -3.50. The largest absolute Gasteiger partial charge is 0.514 e. The lowest BCUT2D eigenvalue weighted by molar-refractivity contribution is -0.149. The van der Waals surface area contributed by atoms with E-state index in [1.54, 1.807) is 62.3 Å². The van der Waals surface area contributed by atoms with Crippen LogP contribution in [0.2, 0.25) is 0 Å². The van der Waals surface area contributed by atoms with E-state index in [-0.39, 0.29) is 23.5 Å². The second-order valence-electron chi connectivity index (χ2n) is 10.5. The maximum Gasteiger partial charge on any atom is 0.514 e. The van der Waals surface area contributed by atoms with Gasteiger partial charge in [0.2, 0.25) is 6.10 Å². The van der Waals surface area contributed by atoms with E-state index < -0.39 is 47.3 Å². The highest BCUT2D eigenvalue weighted by Crippen LogP contribution is 2.31. The molecule has 1 atom stereocenters. The van der Waals surface area contributed by atoms with E-state index in [1.165, 1.54) is 18.2 Å². The van der Waals surface area contributed by atoms with E-state index in [9.17, 15) is 24.3 Å². The Kier molecular flexibility index (Phi) is 9.52. The zero-order chi connectivity index (χ0) is 27.2. The van der Waals surface area contributed by atoms with Crippen molar-refractivity contribution in [3.8, 4) is 11.5 Å². The van der Waals surface area contributed by atoms with E-state index in [1.807, 2.05) is 0 Å². The third-order valence-corrected chi connectivity index (χ3v) is 3.50. The minimum atomic E-state index is -1.60. The summed E-state index contributed by atoms with van der Waals surface area (Å²) in [6.07, 6.45) is -5.18. The SMILES string of the molecule is CC(C)(C)OC(=O)Oc1ccc(CC(OC(=O)OC(C)(C)C)C(=O)O)cc1OC(=O)OC(C)(C)C. The molecule has 0 heterocycles. The maximum atomic E-state index is 12.2. The van der Waals surface area contributed by atoms with Gasteiger partial charge in [0, 0.05) is 6.42 Å². The van der Waals surface area contributed by atoms with Crippen LogP contribution < -0.4 is 9.47 Å². The molecule has 0 spiro atoms. The first-order chi connectivity index (χ1) is 15.7. The molecule has 0 aliphatic heterocycles. The Bertz CT molecular complexity index is 930. The fourth-order valence-electron chi connectivity index (χ4n) is 2.35. The molecule has 0 aromatic heterocycles. The highest BCUT2D eigenvalue weighted by molar-refractivity contribution is 5.76. The van der Waals surface area contributed by atoms with E-state index in [4.69, 9.17) is 28.4 Å². The van der Waals surface area contributed by atoms with Crippen molar-refractivity contribution in [3.63, 3.8) is 0 Å². The summed E-state index contributed by atoms with van der Waals surface area (Å²) in [7, 11) is 0. The normalized spacial score (nSPS) is 12.7. The fourth-order valence-corrected chi connectivity index (χ4v) is 2.35. The van der Waals surface area contributed by atoms with Gasteiger partial charge in [0.25, 0.3) is 0 Å². The number of hydrogen-bond donors (Lipinski definition) is 1. The van der Waals surface area contributed by atoms with Crippen molar-refractivity contribution in [1.29, 1.82) is 0 Å². The molecule has 35 heavy (non-hydrogen) atoms. The number of aliphatic carboxylic acids is 1. The van der Waals surface area contributed by atoms with Crippen LogP contribution in [0.3, 0.4) is 0 Å². The van der Waals surface area contributed by atoms with Crippen molar-refractivity contribution < 1.29 is 52.7 Å². The summed E-state index contributed by atoms with van der Waals surface area (Å²) in [4.78, 5) is 47.9. The molecule has 0 saturated heterocycles. The molecule has 0 amide bonds. The Morgan fingerprint density at radius 2 is 1.14 bits per heavy atom. The molecular weight excluding hydrogens is 464 g/mol. The predicted octanol–water partition coefficient (Wildman–Crippen LogP) is 5.26. The summed E-state index contributed by atoms with van der Waals surface area (Å²) in [6.45, 7) is 14.6. The highest BCUT2D eigenvalue weighted by atomic mass is 16.8. The zero-order valence-corrected chi connectivity index (χ0v) is 21.5. The van der Waals surface area contributed by atoms with Gasteiger partial charge in [-0.3, -0.25) is 0 Å². The minimum absolute atomic E-state index is 0.172. The average molecular weight is 499 g/mol. The lowest BCUT2D eigenvalue weighted by atomic mass is 10.1. The van der Waals surface area contributed by atoms with Gasteiger partial charge in [0.15, 0.2) is 11.5 Å². The molecule has 1 N–H and O–H groups in total. The van der Waals surface area contributed by atoms with Crippen LogP contribution in [-0.4, -0.2) is 52.4 Å². The van der Waals surface area contributed by atoms with Crippen molar-refractivity contribution in [2.45, 2.75) is 91.6 Å². The number of carboxylic acids is 1. The number of hydrogen-bond acceptors (Lipinski definition) is 10.